The number of nitrogens with one attached hydrogen (secondary N) is 1. The molecule has 0 heterocycles. The van der Waals surface area contributed by atoms with Crippen LogP contribution in [-0.2, 0) is 0 Å². The topological polar surface area (TPSA) is 12.0 Å². The minimum Gasteiger partial charge on any atom is -0.313 e. The van der Waals surface area contributed by atoms with Gasteiger partial charge in [0.2, 0.25) is 0 Å². The van der Waals surface area contributed by atoms with E-state index in [1.54, 1.807) is 0 Å². The molecule has 1 N–H and O–H groups in total. The Morgan fingerprint density at radius 2 is 1.61 bits per heavy atom. The zero-order chi connectivity index (χ0) is 13.5. The zero-order valence-corrected chi connectivity index (χ0v) is 12.7. The van der Waals surface area contributed by atoms with E-state index in [1.807, 2.05) is 0 Å². The zero-order valence-electron chi connectivity index (χ0n) is 12.7. The summed E-state index contributed by atoms with van der Waals surface area (Å²) in [6, 6.07) is 7.41. The van der Waals surface area contributed by atoms with Crippen molar-refractivity contribution in [1.82, 2.24) is 5.32 Å². The molecule has 0 saturated carbocycles. The first-order valence-electron chi connectivity index (χ1n) is 7.38. The lowest BCUT2D eigenvalue weighted by Crippen LogP contribution is -2.25. The second kappa shape index (κ2) is 7.58. The van der Waals surface area contributed by atoms with Crippen LogP contribution in [0.15, 0.2) is 18.2 Å². The molecule has 0 fully saturated rings. The van der Waals surface area contributed by atoms with E-state index in [0.29, 0.717) is 6.04 Å². The predicted octanol–water partition coefficient (Wildman–Crippen LogP) is 4.78. The highest BCUT2D eigenvalue weighted by Crippen LogP contribution is 2.30. The summed E-state index contributed by atoms with van der Waals surface area (Å²) in [6.45, 7) is 8.97. The average Bonchev–Trinajstić information content (AvgIpc) is 2.35. The first-order chi connectivity index (χ1) is 8.63. The van der Waals surface area contributed by atoms with Gasteiger partial charge in [0.05, 0.1) is 0 Å². The van der Waals surface area contributed by atoms with E-state index in [4.69, 9.17) is 0 Å². The standard InChI is InChI=1S/C17H29N/c1-6-8-15(9-7-2)17(18-5)16-11-10-13(3)14(4)12-16/h10-12,15,17-18H,6-9H2,1-5H3. The quantitative estimate of drug-likeness (QED) is 0.731. The molecule has 1 rings (SSSR count). The molecule has 1 atom stereocenters. The van der Waals surface area contributed by atoms with Crippen LogP contribution in [-0.4, -0.2) is 7.05 Å². The highest BCUT2D eigenvalue weighted by atomic mass is 14.9. The average molecular weight is 247 g/mol. The Labute approximate surface area is 113 Å². The third-order valence-electron chi connectivity index (χ3n) is 3.99. The van der Waals surface area contributed by atoms with Crippen molar-refractivity contribution in [3.8, 4) is 0 Å². The fraction of sp³-hybridized carbons (Fsp3) is 0.647. The number of benzene rings is 1. The van der Waals surface area contributed by atoms with Crippen molar-refractivity contribution in [2.24, 2.45) is 5.92 Å². The van der Waals surface area contributed by atoms with Gasteiger partial charge in [-0.15, -0.1) is 0 Å². The third-order valence-corrected chi connectivity index (χ3v) is 3.99. The van der Waals surface area contributed by atoms with Crippen LogP contribution < -0.4 is 5.32 Å². The lowest BCUT2D eigenvalue weighted by molar-refractivity contribution is 0.331. The Kier molecular flexibility index (Phi) is 6.42. The molecule has 0 aliphatic carbocycles. The fourth-order valence-electron chi connectivity index (χ4n) is 2.85. The highest BCUT2D eigenvalue weighted by Gasteiger charge is 2.20. The molecule has 1 aromatic rings. The summed E-state index contributed by atoms with van der Waals surface area (Å²) in [5, 5.41) is 3.53. The maximum absolute atomic E-state index is 3.53. The van der Waals surface area contributed by atoms with Gasteiger partial charge < -0.3 is 5.32 Å². The van der Waals surface area contributed by atoms with E-state index in [9.17, 15) is 0 Å². The van der Waals surface area contributed by atoms with Gasteiger partial charge in [-0.05, 0) is 56.3 Å². The van der Waals surface area contributed by atoms with Gasteiger partial charge in [0.15, 0.2) is 0 Å². The Morgan fingerprint density at radius 3 is 2.06 bits per heavy atom. The summed E-state index contributed by atoms with van der Waals surface area (Å²) < 4.78 is 0. The number of aryl methyl sites for hydroxylation is 2. The van der Waals surface area contributed by atoms with Crippen LogP contribution in [0, 0.1) is 19.8 Å². The summed E-state index contributed by atoms with van der Waals surface area (Å²) in [7, 11) is 2.10. The normalized spacial score (nSPS) is 13.0. The molecule has 1 nitrogen and oxygen atoms in total. The largest absolute Gasteiger partial charge is 0.313 e. The highest BCUT2D eigenvalue weighted by molar-refractivity contribution is 5.32. The van der Waals surface area contributed by atoms with E-state index in [1.165, 1.54) is 42.4 Å². The molecule has 0 aliphatic heterocycles. The van der Waals surface area contributed by atoms with Crippen molar-refractivity contribution in [3.05, 3.63) is 34.9 Å². The van der Waals surface area contributed by atoms with Crippen LogP contribution >= 0.6 is 0 Å². The second-order valence-electron chi connectivity index (χ2n) is 5.45. The van der Waals surface area contributed by atoms with Crippen molar-refractivity contribution in [1.29, 1.82) is 0 Å². The van der Waals surface area contributed by atoms with E-state index in [2.05, 4.69) is 58.3 Å². The minimum atomic E-state index is 0.504. The molecular weight excluding hydrogens is 218 g/mol. The summed E-state index contributed by atoms with van der Waals surface area (Å²) in [5.74, 6) is 0.757. The van der Waals surface area contributed by atoms with Crippen LogP contribution in [0.3, 0.4) is 0 Å². The van der Waals surface area contributed by atoms with E-state index in [-0.39, 0.29) is 0 Å². The summed E-state index contributed by atoms with van der Waals surface area (Å²) in [6.07, 6.45) is 5.17. The number of hydrogen-bond acceptors (Lipinski definition) is 1. The summed E-state index contributed by atoms with van der Waals surface area (Å²) in [4.78, 5) is 0. The number of hydrogen-bond donors (Lipinski definition) is 1. The van der Waals surface area contributed by atoms with Crippen LogP contribution in [0.5, 0.6) is 0 Å². The van der Waals surface area contributed by atoms with Crippen LogP contribution in [0.1, 0.15) is 62.3 Å². The van der Waals surface area contributed by atoms with Gasteiger partial charge in [-0.1, -0.05) is 44.9 Å². The molecule has 0 spiro atoms. The fourth-order valence-corrected chi connectivity index (χ4v) is 2.85. The lowest BCUT2D eigenvalue weighted by atomic mass is 9.85. The summed E-state index contributed by atoms with van der Waals surface area (Å²) >= 11 is 0. The van der Waals surface area contributed by atoms with Crippen LogP contribution in [0.2, 0.25) is 0 Å². The van der Waals surface area contributed by atoms with E-state index in [0.717, 1.165) is 5.92 Å². The van der Waals surface area contributed by atoms with Crippen molar-refractivity contribution in [2.45, 2.75) is 59.4 Å². The first kappa shape index (κ1) is 15.2. The molecule has 102 valence electrons. The van der Waals surface area contributed by atoms with E-state index < -0.39 is 0 Å². The molecule has 0 saturated heterocycles. The SMILES string of the molecule is CCCC(CCC)C(NC)c1ccc(C)c(C)c1. The van der Waals surface area contributed by atoms with Gasteiger partial charge in [-0.3, -0.25) is 0 Å². The van der Waals surface area contributed by atoms with Gasteiger partial charge in [0.1, 0.15) is 0 Å². The Morgan fingerprint density at radius 1 is 1.00 bits per heavy atom. The smallest absolute Gasteiger partial charge is 0.0346 e. The molecule has 0 radical (unpaired) electrons. The van der Waals surface area contributed by atoms with Gasteiger partial charge in [-0.25, -0.2) is 0 Å². The molecule has 0 aromatic heterocycles. The first-order valence-corrected chi connectivity index (χ1v) is 7.38. The Bertz CT molecular complexity index is 351. The molecule has 1 unspecified atom stereocenters. The van der Waals surface area contributed by atoms with Crippen molar-refractivity contribution < 1.29 is 0 Å². The monoisotopic (exact) mass is 247 g/mol. The molecule has 18 heavy (non-hydrogen) atoms. The Balaban J connectivity index is 2.94. The number of rotatable bonds is 7. The van der Waals surface area contributed by atoms with Gasteiger partial charge in [0, 0.05) is 6.04 Å². The maximum Gasteiger partial charge on any atom is 0.0346 e. The molecule has 1 heteroatoms. The molecule has 0 bridgehead atoms. The third kappa shape index (κ3) is 3.84. The van der Waals surface area contributed by atoms with Crippen molar-refractivity contribution in [3.63, 3.8) is 0 Å². The summed E-state index contributed by atoms with van der Waals surface area (Å²) in [5.41, 5.74) is 4.24. The van der Waals surface area contributed by atoms with E-state index >= 15 is 0 Å². The molecule has 0 amide bonds. The van der Waals surface area contributed by atoms with Gasteiger partial charge in [0.25, 0.3) is 0 Å². The second-order valence-corrected chi connectivity index (χ2v) is 5.45. The van der Waals surface area contributed by atoms with Gasteiger partial charge in [-0.2, -0.15) is 0 Å². The predicted molar refractivity (Wildman–Crippen MR) is 81.0 cm³/mol. The lowest BCUT2D eigenvalue weighted by Gasteiger charge is -2.27. The maximum atomic E-state index is 3.53. The molecule has 0 aliphatic rings. The van der Waals surface area contributed by atoms with Crippen LogP contribution in [0.25, 0.3) is 0 Å². The molecule has 1 aromatic carbocycles. The minimum absolute atomic E-state index is 0.504. The molecular formula is C17H29N. The van der Waals surface area contributed by atoms with Gasteiger partial charge >= 0.3 is 0 Å². The van der Waals surface area contributed by atoms with Crippen molar-refractivity contribution >= 4 is 0 Å². The van der Waals surface area contributed by atoms with Crippen LogP contribution in [0.4, 0.5) is 0 Å². The van der Waals surface area contributed by atoms with Crippen molar-refractivity contribution in [2.75, 3.05) is 7.05 Å². The Hall–Kier alpha value is -0.820.